The normalized spacial score (nSPS) is 31.1. The summed E-state index contributed by atoms with van der Waals surface area (Å²) in [4.78, 5) is 0. The molecular weight excluding hydrogens is 250 g/mol. The van der Waals surface area contributed by atoms with Gasteiger partial charge in [-0.15, -0.1) is 0 Å². The maximum atomic E-state index is 5.70. The van der Waals surface area contributed by atoms with Crippen molar-refractivity contribution < 1.29 is 9.47 Å². The molecule has 0 spiro atoms. The Labute approximate surface area is 124 Å². The van der Waals surface area contributed by atoms with E-state index in [1.54, 1.807) is 0 Å². The van der Waals surface area contributed by atoms with Crippen LogP contribution in [0.2, 0.25) is 0 Å². The van der Waals surface area contributed by atoms with E-state index in [0.29, 0.717) is 6.10 Å². The lowest BCUT2D eigenvalue weighted by Crippen LogP contribution is -2.36. The predicted molar refractivity (Wildman–Crippen MR) is 83.0 cm³/mol. The van der Waals surface area contributed by atoms with Crippen molar-refractivity contribution in [2.45, 2.75) is 70.9 Å². The van der Waals surface area contributed by atoms with Gasteiger partial charge in [0.2, 0.25) is 0 Å². The highest BCUT2D eigenvalue weighted by molar-refractivity contribution is 4.79. The Bertz CT molecular complexity index is 251. The van der Waals surface area contributed by atoms with Gasteiger partial charge in [0.05, 0.1) is 12.7 Å². The fourth-order valence-corrected chi connectivity index (χ4v) is 3.49. The topological polar surface area (TPSA) is 30.5 Å². The van der Waals surface area contributed by atoms with Crippen LogP contribution >= 0.6 is 0 Å². The largest absolute Gasteiger partial charge is 0.379 e. The maximum Gasteiger partial charge on any atom is 0.0809 e. The third kappa shape index (κ3) is 5.71. The van der Waals surface area contributed by atoms with Gasteiger partial charge >= 0.3 is 0 Å². The van der Waals surface area contributed by atoms with Crippen LogP contribution in [0.25, 0.3) is 0 Å². The van der Waals surface area contributed by atoms with Crippen molar-refractivity contribution in [3.8, 4) is 0 Å². The van der Waals surface area contributed by atoms with Gasteiger partial charge in [0, 0.05) is 19.3 Å². The van der Waals surface area contributed by atoms with Crippen molar-refractivity contribution in [3.05, 3.63) is 0 Å². The number of hydrogen-bond donors (Lipinski definition) is 1. The first kappa shape index (κ1) is 16.3. The summed E-state index contributed by atoms with van der Waals surface area (Å²) in [5, 5.41) is 3.72. The van der Waals surface area contributed by atoms with E-state index in [-0.39, 0.29) is 0 Å². The van der Waals surface area contributed by atoms with E-state index in [2.05, 4.69) is 19.2 Å². The van der Waals surface area contributed by atoms with Crippen molar-refractivity contribution in [2.75, 3.05) is 26.4 Å². The third-order valence-electron chi connectivity index (χ3n) is 4.88. The zero-order valence-corrected chi connectivity index (χ0v) is 13.4. The molecule has 1 aliphatic carbocycles. The molecule has 118 valence electrons. The van der Waals surface area contributed by atoms with Gasteiger partial charge in [-0.1, -0.05) is 26.7 Å². The summed E-state index contributed by atoms with van der Waals surface area (Å²) in [6, 6.07) is 0.745. The summed E-state index contributed by atoms with van der Waals surface area (Å²) >= 11 is 0. The fraction of sp³-hybridized carbons (Fsp3) is 1.00. The molecule has 1 saturated heterocycles. The molecule has 1 saturated carbocycles. The molecule has 2 rings (SSSR count). The lowest BCUT2D eigenvalue weighted by Gasteiger charge is -2.32. The quantitative estimate of drug-likeness (QED) is 0.693. The first-order chi connectivity index (χ1) is 9.75. The Kier molecular flexibility index (Phi) is 7.32. The zero-order valence-electron chi connectivity index (χ0n) is 13.4. The standard InChI is InChI=1S/C17H33NO2/c1-14(2)15-6-3-7-16(12-15)18-9-5-10-19-13-17-8-4-11-20-17/h14-18H,3-13H2,1-2H3. The van der Waals surface area contributed by atoms with Crippen molar-refractivity contribution in [3.63, 3.8) is 0 Å². The molecule has 1 aliphatic heterocycles. The minimum Gasteiger partial charge on any atom is -0.379 e. The molecule has 1 N–H and O–H groups in total. The number of ether oxygens (including phenoxy) is 2. The second-order valence-corrected chi connectivity index (χ2v) is 6.89. The molecule has 3 atom stereocenters. The van der Waals surface area contributed by atoms with Crippen LogP contribution in [0, 0.1) is 11.8 Å². The Morgan fingerprint density at radius 1 is 1.20 bits per heavy atom. The van der Waals surface area contributed by atoms with Gasteiger partial charge in [-0.3, -0.25) is 0 Å². The van der Waals surface area contributed by atoms with Gasteiger partial charge < -0.3 is 14.8 Å². The summed E-state index contributed by atoms with van der Waals surface area (Å²) < 4.78 is 11.2. The van der Waals surface area contributed by atoms with Crippen molar-refractivity contribution >= 4 is 0 Å². The van der Waals surface area contributed by atoms with Gasteiger partial charge in [0.15, 0.2) is 0 Å². The van der Waals surface area contributed by atoms with Gasteiger partial charge in [0.1, 0.15) is 0 Å². The lowest BCUT2D eigenvalue weighted by molar-refractivity contribution is 0.0164. The smallest absolute Gasteiger partial charge is 0.0809 e. The van der Waals surface area contributed by atoms with Crippen LogP contribution in [0.5, 0.6) is 0 Å². The van der Waals surface area contributed by atoms with Crippen LogP contribution in [0.3, 0.4) is 0 Å². The molecule has 0 aromatic rings. The Hall–Kier alpha value is -0.120. The number of hydrogen-bond acceptors (Lipinski definition) is 3. The highest BCUT2D eigenvalue weighted by atomic mass is 16.5. The highest BCUT2D eigenvalue weighted by Gasteiger charge is 2.23. The molecule has 20 heavy (non-hydrogen) atoms. The second kappa shape index (κ2) is 9.01. The monoisotopic (exact) mass is 283 g/mol. The molecular formula is C17H33NO2. The molecule has 0 aromatic heterocycles. The van der Waals surface area contributed by atoms with E-state index in [4.69, 9.17) is 9.47 Å². The summed E-state index contributed by atoms with van der Waals surface area (Å²) in [7, 11) is 0. The van der Waals surface area contributed by atoms with Crippen molar-refractivity contribution in [2.24, 2.45) is 11.8 Å². The molecule has 2 fully saturated rings. The first-order valence-electron chi connectivity index (χ1n) is 8.68. The highest BCUT2D eigenvalue weighted by Crippen LogP contribution is 2.29. The van der Waals surface area contributed by atoms with Crippen LogP contribution < -0.4 is 5.32 Å². The van der Waals surface area contributed by atoms with E-state index in [9.17, 15) is 0 Å². The molecule has 0 amide bonds. The van der Waals surface area contributed by atoms with E-state index < -0.39 is 0 Å². The molecule has 0 aromatic carbocycles. The minimum atomic E-state index is 0.369. The average molecular weight is 283 g/mol. The Morgan fingerprint density at radius 3 is 2.85 bits per heavy atom. The van der Waals surface area contributed by atoms with Crippen molar-refractivity contribution in [1.82, 2.24) is 5.32 Å². The molecule has 1 heterocycles. The van der Waals surface area contributed by atoms with Crippen LogP contribution in [-0.4, -0.2) is 38.5 Å². The van der Waals surface area contributed by atoms with Gasteiger partial charge in [-0.2, -0.15) is 0 Å². The van der Waals surface area contributed by atoms with E-state index in [1.807, 2.05) is 0 Å². The summed E-state index contributed by atoms with van der Waals surface area (Å²) in [5.41, 5.74) is 0. The van der Waals surface area contributed by atoms with Crippen LogP contribution in [0.15, 0.2) is 0 Å². The fourth-order valence-electron chi connectivity index (χ4n) is 3.49. The SMILES string of the molecule is CC(C)C1CCCC(NCCCOCC2CCCO2)C1. The predicted octanol–water partition coefficient (Wildman–Crippen LogP) is 3.38. The third-order valence-corrected chi connectivity index (χ3v) is 4.88. The van der Waals surface area contributed by atoms with E-state index in [0.717, 1.165) is 50.7 Å². The lowest BCUT2D eigenvalue weighted by atomic mass is 9.79. The first-order valence-corrected chi connectivity index (χ1v) is 8.68. The summed E-state index contributed by atoms with van der Waals surface area (Å²) in [6.45, 7) is 8.42. The minimum absolute atomic E-state index is 0.369. The number of nitrogens with one attached hydrogen (secondary N) is 1. The molecule has 0 bridgehead atoms. The summed E-state index contributed by atoms with van der Waals surface area (Å²) in [5.74, 6) is 1.77. The van der Waals surface area contributed by atoms with Crippen LogP contribution in [0.4, 0.5) is 0 Å². The molecule has 3 unspecified atom stereocenters. The van der Waals surface area contributed by atoms with Crippen LogP contribution in [0.1, 0.15) is 58.8 Å². The average Bonchev–Trinajstić information content (AvgIpc) is 2.96. The van der Waals surface area contributed by atoms with Gasteiger partial charge in [-0.05, 0) is 50.5 Å². The molecule has 0 radical (unpaired) electrons. The maximum absolute atomic E-state index is 5.70. The summed E-state index contributed by atoms with van der Waals surface area (Å²) in [6.07, 6.45) is 9.43. The molecule has 2 aliphatic rings. The van der Waals surface area contributed by atoms with Gasteiger partial charge in [0.25, 0.3) is 0 Å². The van der Waals surface area contributed by atoms with Gasteiger partial charge in [-0.25, -0.2) is 0 Å². The molecule has 3 heteroatoms. The van der Waals surface area contributed by atoms with Crippen LogP contribution in [-0.2, 0) is 9.47 Å². The van der Waals surface area contributed by atoms with E-state index >= 15 is 0 Å². The Morgan fingerprint density at radius 2 is 2.10 bits per heavy atom. The molecule has 3 nitrogen and oxygen atoms in total. The van der Waals surface area contributed by atoms with E-state index in [1.165, 1.54) is 38.5 Å². The number of rotatable bonds is 8. The zero-order chi connectivity index (χ0) is 14.2. The Balaban J connectivity index is 1.46. The van der Waals surface area contributed by atoms with Crippen molar-refractivity contribution in [1.29, 1.82) is 0 Å². The second-order valence-electron chi connectivity index (χ2n) is 6.89.